The summed E-state index contributed by atoms with van der Waals surface area (Å²) in [5, 5.41) is 6.29. The first-order valence-electron chi connectivity index (χ1n) is 8.87. The lowest BCUT2D eigenvalue weighted by Crippen LogP contribution is -2.30. The molecular formula is C20H17F3N6. The van der Waals surface area contributed by atoms with Crippen LogP contribution >= 0.6 is 0 Å². The largest absolute Gasteiger partial charge is 0.417 e. The van der Waals surface area contributed by atoms with Crippen molar-refractivity contribution in [1.29, 1.82) is 0 Å². The summed E-state index contributed by atoms with van der Waals surface area (Å²) >= 11 is 0. The minimum absolute atomic E-state index is 0.0274. The quantitative estimate of drug-likeness (QED) is 0.685. The van der Waals surface area contributed by atoms with E-state index in [2.05, 4.69) is 30.6 Å². The van der Waals surface area contributed by atoms with Crippen molar-refractivity contribution in [2.24, 2.45) is 4.99 Å². The molecule has 0 radical (unpaired) electrons. The molecule has 0 bridgehead atoms. The van der Waals surface area contributed by atoms with E-state index in [0.29, 0.717) is 29.2 Å². The zero-order chi connectivity index (χ0) is 20.6. The van der Waals surface area contributed by atoms with Crippen molar-refractivity contribution in [1.82, 2.24) is 20.3 Å². The van der Waals surface area contributed by atoms with E-state index >= 15 is 0 Å². The maximum Gasteiger partial charge on any atom is 0.417 e. The maximum absolute atomic E-state index is 13.5. The smallest absolute Gasteiger partial charge is 0.331 e. The number of aliphatic imine (C=N–C) groups is 1. The molecule has 3 aromatic rings. The van der Waals surface area contributed by atoms with E-state index in [1.165, 1.54) is 18.2 Å². The zero-order valence-electron chi connectivity index (χ0n) is 15.7. The molecule has 6 nitrogen and oxygen atoms in total. The van der Waals surface area contributed by atoms with Crippen LogP contribution in [0.3, 0.4) is 0 Å². The topological polar surface area (TPSA) is 75.1 Å². The zero-order valence-corrected chi connectivity index (χ0v) is 15.7. The second-order valence-electron chi connectivity index (χ2n) is 6.62. The number of alkyl halides is 3. The van der Waals surface area contributed by atoms with Crippen LogP contribution in [0.25, 0.3) is 22.4 Å². The molecular weight excluding hydrogens is 381 g/mol. The van der Waals surface area contributed by atoms with Gasteiger partial charge in [-0.1, -0.05) is 18.2 Å². The minimum atomic E-state index is -4.52. The van der Waals surface area contributed by atoms with Crippen molar-refractivity contribution >= 4 is 22.7 Å². The number of anilines is 1. The highest BCUT2D eigenvalue weighted by Gasteiger charge is 2.34. The van der Waals surface area contributed by atoms with E-state index in [1.807, 2.05) is 13.8 Å². The van der Waals surface area contributed by atoms with Gasteiger partial charge in [0.2, 0.25) is 0 Å². The van der Waals surface area contributed by atoms with Gasteiger partial charge < -0.3 is 10.6 Å². The molecule has 0 amide bonds. The highest BCUT2D eigenvalue weighted by Crippen LogP contribution is 2.36. The molecule has 9 heteroatoms. The predicted molar refractivity (Wildman–Crippen MR) is 105 cm³/mol. The van der Waals surface area contributed by atoms with E-state index in [4.69, 9.17) is 0 Å². The van der Waals surface area contributed by atoms with Gasteiger partial charge in [-0.25, -0.2) is 9.97 Å². The van der Waals surface area contributed by atoms with E-state index in [9.17, 15) is 13.2 Å². The molecule has 2 aromatic heterocycles. The van der Waals surface area contributed by atoms with Crippen LogP contribution < -0.4 is 10.6 Å². The Labute approximate surface area is 164 Å². The molecule has 0 atom stereocenters. The average molecular weight is 398 g/mol. The van der Waals surface area contributed by atoms with Crippen LogP contribution in [0.1, 0.15) is 19.4 Å². The second-order valence-corrected chi connectivity index (χ2v) is 6.62. The Morgan fingerprint density at radius 2 is 1.83 bits per heavy atom. The molecule has 1 aliphatic heterocycles. The van der Waals surface area contributed by atoms with Gasteiger partial charge in [0.15, 0.2) is 11.6 Å². The fourth-order valence-corrected chi connectivity index (χ4v) is 3.00. The third kappa shape index (κ3) is 3.75. The first-order valence-corrected chi connectivity index (χ1v) is 8.87. The van der Waals surface area contributed by atoms with E-state index in [1.54, 1.807) is 18.3 Å². The van der Waals surface area contributed by atoms with Crippen molar-refractivity contribution in [3.8, 4) is 11.4 Å². The number of benzene rings is 1. The van der Waals surface area contributed by atoms with Gasteiger partial charge in [0.25, 0.3) is 0 Å². The first kappa shape index (κ1) is 18.9. The molecule has 29 heavy (non-hydrogen) atoms. The normalized spacial score (nSPS) is 14.6. The molecule has 1 aliphatic rings. The van der Waals surface area contributed by atoms with Crippen molar-refractivity contribution in [3.63, 3.8) is 0 Å². The van der Waals surface area contributed by atoms with Crippen LogP contribution in [0.2, 0.25) is 0 Å². The first-order chi connectivity index (χ1) is 13.8. The molecule has 0 saturated carbocycles. The molecule has 0 unspecified atom stereocenters. The van der Waals surface area contributed by atoms with Crippen LogP contribution in [0, 0.1) is 0 Å². The summed E-state index contributed by atoms with van der Waals surface area (Å²) in [6, 6.07) is 8.63. The lowest BCUT2D eigenvalue weighted by atomic mass is 10.1. The standard InChI is InChI=1S/C20H17F3N6/c1-11-10-25-12(2)26-17(11)28-19-16-15(8-5-9-24-16)27-18(29-19)13-6-3-4-7-14(13)20(21,22)23/h3-9H,10H2,1-2H3,(H,25,26)(H,27,28,29). The van der Waals surface area contributed by atoms with Gasteiger partial charge in [0.1, 0.15) is 11.3 Å². The highest BCUT2D eigenvalue weighted by atomic mass is 19.4. The molecule has 4 rings (SSSR count). The van der Waals surface area contributed by atoms with Crippen molar-refractivity contribution in [2.75, 3.05) is 11.9 Å². The fraction of sp³-hybridized carbons (Fsp3) is 0.200. The Balaban J connectivity index is 1.87. The van der Waals surface area contributed by atoms with Crippen LogP contribution in [-0.4, -0.2) is 27.3 Å². The van der Waals surface area contributed by atoms with Gasteiger partial charge in [-0.2, -0.15) is 13.2 Å². The van der Waals surface area contributed by atoms with Gasteiger partial charge >= 0.3 is 6.18 Å². The summed E-state index contributed by atoms with van der Waals surface area (Å²) in [5.41, 5.74) is 0.965. The lowest BCUT2D eigenvalue weighted by molar-refractivity contribution is -0.137. The number of rotatable bonds is 3. The molecule has 148 valence electrons. The number of hydrogen-bond acceptors (Lipinski definition) is 6. The Morgan fingerprint density at radius 1 is 1.03 bits per heavy atom. The number of nitrogens with one attached hydrogen (secondary N) is 2. The summed E-state index contributed by atoms with van der Waals surface area (Å²) in [5.74, 6) is 1.70. The lowest BCUT2D eigenvalue weighted by Gasteiger charge is -2.20. The summed E-state index contributed by atoms with van der Waals surface area (Å²) in [6.45, 7) is 4.25. The number of amidine groups is 1. The predicted octanol–water partition coefficient (Wildman–Crippen LogP) is 4.38. The number of aromatic nitrogens is 3. The third-order valence-electron chi connectivity index (χ3n) is 4.46. The maximum atomic E-state index is 13.5. The number of nitrogens with zero attached hydrogens (tertiary/aromatic N) is 4. The SMILES string of the molecule is CC1=NCC(C)=C(Nc2nc(-c3ccccc3C(F)(F)F)nc3cccnc23)N1. The molecule has 0 spiro atoms. The number of halogens is 3. The number of fused-ring (bicyclic) bond motifs is 1. The van der Waals surface area contributed by atoms with Crippen molar-refractivity contribution < 1.29 is 13.2 Å². The van der Waals surface area contributed by atoms with Crippen LogP contribution in [0.5, 0.6) is 0 Å². The van der Waals surface area contributed by atoms with E-state index in [-0.39, 0.29) is 11.4 Å². The van der Waals surface area contributed by atoms with Gasteiger partial charge in [-0.05, 0) is 37.6 Å². The molecule has 1 aromatic carbocycles. The monoisotopic (exact) mass is 398 g/mol. The van der Waals surface area contributed by atoms with Crippen LogP contribution in [0.15, 0.2) is 59.0 Å². The molecule has 3 heterocycles. The fourth-order valence-electron chi connectivity index (χ4n) is 3.00. The molecule has 2 N–H and O–H groups in total. The van der Waals surface area contributed by atoms with Gasteiger partial charge in [0.05, 0.1) is 23.5 Å². The van der Waals surface area contributed by atoms with Crippen LogP contribution in [0.4, 0.5) is 19.0 Å². The molecule has 0 fully saturated rings. The minimum Gasteiger partial charge on any atom is -0.331 e. The highest BCUT2D eigenvalue weighted by molar-refractivity contribution is 5.89. The van der Waals surface area contributed by atoms with E-state index in [0.717, 1.165) is 17.5 Å². The van der Waals surface area contributed by atoms with Crippen LogP contribution in [-0.2, 0) is 6.18 Å². The Hall–Kier alpha value is -3.49. The van der Waals surface area contributed by atoms with Gasteiger partial charge in [0, 0.05) is 11.8 Å². The summed E-state index contributed by atoms with van der Waals surface area (Å²) in [7, 11) is 0. The average Bonchev–Trinajstić information content (AvgIpc) is 2.70. The Bertz CT molecular complexity index is 1150. The summed E-state index contributed by atoms with van der Waals surface area (Å²) in [4.78, 5) is 17.3. The third-order valence-corrected chi connectivity index (χ3v) is 4.46. The second kappa shape index (κ2) is 7.16. The van der Waals surface area contributed by atoms with Crippen molar-refractivity contribution in [2.45, 2.75) is 20.0 Å². The molecule has 0 aliphatic carbocycles. The van der Waals surface area contributed by atoms with Gasteiger partial charge in [-0.15, -0.1) is 0 Å². The van der Waals surface area contributed by atoms with Gasteiger partial charge in [-0.3, -0.25) is 9.98 Å². The Kier molecular flexibility index (Phi) is 4.65. The Morgan fingerprint density at radius 3 is 2.62 bits per heavy atom. The number of pyridine rings is 1. The van der Waals surface area contributed by atoms with E-state index < -0.39 is 11.7 Å². The van der Waals surface area contributed by atoms with Crippen molar-refractivity contribution in [3.05, 3.63) is 59.6 Å². The number of hydrogen-bond donors (Lipinski definition) is 2. The molecule has 0 saturated heterocycles. The summed E-state index contributed by atoms with van der Waals surface area (Å²) < 4.78 is 40.5. The summed E-state index contributed by atoms with van der Waals surface area (Å²) in [6.07, 6.45) is -2.93.